The van der Waals surface area contributed by atoms with Crippen LogP contribution >= 0.6 is 7.75 Å². The van der Waals surface area contributed by atoms with Crippen molar-refractivity contribution in [3.8, 4) is 5.75 Å². The highest BCUT2D eigenvalue weighted by atomic mass is 31.2. The van der Waals surface area contributed by atoms with Gasteiger partial charge in [-0.1, -0.05) is 57.2 Å². The van der Waals surface area contributed by atoms with Crippen LogP contribution < -0.4 is 14.5 Å². The SMILES string of the molecule is Cc1nc(N(C)C)c2ncn([C@@H]3O[C@H](COP(=O)(N[C@H](C)C(=O)OCC(C)(C)C)Oc4cccc5ccccc45)[C@@H](O)[C@@]3(C)F)c2n1. The molecule has 2 aromatic carbocycles. The molecule has 2 N–H and O–H groups in total. The second-order valence-corrected chi connectivity index (χ2v) is 15.0. The van der Waals surface area contributed by atoms with Crippen LogP contribution in [0, 0.1) is 12.3 Å². The minimum atomic E-state index is -4.39. The van der Waals surface area contributed by atoms with Crippen molar-refractivity contribution in [1.82, 2.24) is 24.6 Å². The molecule has 47 heavy (non-hydrogen) atoms. The van der Waals surface area contributed by atoms with E-state index in [9.17, 15) is 14.5 Å². The van der Waals surface area contributed by atoms with Crippen molar-refractivity contribution in [2.75, 3.05) is 32.2 Å². The fourth-order valence-electron chi connectivity index (χ4n) is 5.21. The van der Waals surface area contributed by atoms with E-state index in [1.807, 2.05) is 39.0 Å². The maximum atomic E-state index is 16.3. The smallest absolute Gasteiger partial charge is 0.459 e. The van der Waals surface area contributed by atoms with Gasteiger partial charge in [0.1, 0.15) is 29.8 Å². The Morgan fingerprint density at radius 2 is 1.91 bits per heavy atom. The van der Waals surface area contributed by atoms with Crippen molar-refractivity contribution in [3.05, 3.63) is 54.6 Å². The molecule has 0 aliphatic carbocycles. The lowest BCUT2D eigenvalue weighted by molar-refractivity contribution is -0.148. The number of carbonyl (C=O) groups is 1. The number of hydrogen-bond donors (Lipinski definition) is 2. The monoisotopic (exact) mass is 672 g/mol. The molecule has 1 aliphatic rings. The molecule has 6 atom stereocenters. The normalized spacial score (nSPS) is 23.5. The van der Waals surface area contributed by atoms with Gasteiger partial charge in [0.25, 0.3) is 0 Å². The largest absolute Gasteiger partial charge is 0.464 e. The van der Waals surface area contributed by atoms with Crippen LogP contribution in [0.2, 0.25) is 0 Å². The van der Waals surface area contributed by atoms with Gasteiger partial charge >= 0.3 is 13.7 Å². The number of aromatic nitrogens is 4. The average molecular weight is 673 g/mol. The fourth-order valence-corrected chi connectivity index (χ4v) is 6.73. The summed E-state index contributed by atoms with van der Waals surface area (Å²) < 4.78 is 55.3. The number of aliphatic hydroxyl groups excluding tert-OH is 1. The van der Waals surface area contributed by atoms with Crippen LogP contribution in [0.1, 0.15) is 46.7 Å². The summed E-state index contributed by atoms with van der Waals surface area (Å²) in [5, 5.41) is 15.3. The number of anilines is 1. The maximum absolute atomic E-state index is 16.3. The van der Waals surface area contributed by atoms with Crippen LogP contribution in [-0.4, -0.2) is 81.8 Å². The van der Waals surface area contributed by atoms with Crippen molar-refractivity contribution < 1.29 is 37.4 Å². The first kappa shape index (κ1) is 34.6. The maximum Gasteiger partial charge on any atom is 0.459 e. The van der Waals surface area contributed by atoms with Gasteiger partial charge in [-0.25, -0.2) is 23.9 Å². The van der Waals surface area contributed by atoms with E-state index >= 15 is 4.39 Å². The van der Waals surface area contributed by atoms with Gasteiger partial charge in [-0.05, 0) is 37.6 Å². The fraction of sp³-hybridized carbons (Fsp3) is 0.500. The average Bonchev–Trinajstić information content (AvgIpc) is 3.51. The predicted molar refractivity (Wildman–Crippen MR) is 175 cm³/mol. The number of esters is 1. The molecule has 0 bridgehead atoms. The van der Waals surface area contributed by atoms with Gasteiger partial charge in [0.2, 0.25) is 0 Å². The van der Waals surface area contributed by atoms with Crippen molar-refractivity contribution in [2.24, 2.45) is 5.41 Å². The molecule has 1 aliphatic heterocycles. The molecule has 1 saturated heterocycles. The first-order valence-electron chi connectivity index (χ1n) is 15.3. The van der Waals surface area contributed by atoms with Gasteiger partial charge in [0.05, 0.1) is 19.5 Å². The summed E-state index contributed by atoms with van der Waals surface area (Å²) in [6, 6.07) is 11.4. The van der Waals surface area contributed by atoms with Crippen LogP contribution in [0.3, 0.4) is 0 Å². The van der Waals surface area contributed by atoms with E-state index in [1.165, 1.54) is 24.7 Å². The Bertz CT molecular complexity index is 1800. The summed E-state index contributed by atoms with van der Waals surface area (Å²) >= 11 is 0. The topological polar surface area (TPSA) is 150 Å². The molecule has 15 heteroatoms. The molecule has 1 fully saturated rings. The molecular weight excluding hydrogens is 630 g/mol. The first-order chi connectivity index (χ1) is 22.0. The second kappa shape index (κ2) is 13.1. The Morgan fingerprint density at radius 1 is 1.21 bits per heavy atom. The van der Waals surface area contributed by atoms with Gasteiger partial charge in [0.15, 0.2) is 28.9 Å². The third-order valence-corrected chi connectivity index (χ3v) is 9.27. The Hall–Kier alpha value is -3.68. The number of nitrogens with one attached hydrogen (secondary N) is 1. The van der Waals surface area contributed by atoms with Crippen LogP contribution in [0.4, 0.5) is 10.2 Å². The molecule has 0 spiro atoms. The minimum absolute atomic E-state index is 0.134. The minimum Gasteiger partial charge on any atom is -0.464 e. The number of fused-ring (bicyclic) bond motifs is 2. The number of nitrogens with zero attached hydrogens (tertiary/aromatic N) is 5. The lowest BCUT2D eigenvalue weighted by Gasteiger charge is -2.26. The highest BCUT2D eigenvalue weighted by molar-refractivity contribution is 7.52. The van der Waals surface area contributed by atoms with E-state index in [-0.39, 0.29) is 17.8 Å². The van der Waals surface area contributed by atoms with Crippen LogP contribution in [0.15, 0.2) is 48.8 Å². The molecule has 254 valence electrons. The summed E-state index contributed by atoms with van der Waals surface area (Å²) in [6.07, 6.45) is -2.98. The van der Waals surface area contributed by atoms with Gasteiger partial charge in [0, 0.05) is 19.5 Å². The molecule has 0 amide bonds. The molecule has 0 radical (unpaired) electrons. The number of imidazole rings is 1. The summed E-state index contributed by atoms with van der Waals surface area (Å²) in [4.78, 5) is 27.9. The van der Waals surface area contributed by atoms with E-state index in [4.69, 9.17) is 18.5 Å². The van der Waals surface area contributed by atoms with E-state index in [1.54, 1.807) is 50.2 Å². The number of aryl methyl sites for hydroxylation is 1. The van der Waals surface area contributed by atoms with Crippen LogP contribution in [0.25, 0.3) is 21.9 Å². The van der Waals surface area contributed by atoms with E-state index < -0.39 is 50.5 Å². The summed E-state index contributed by atoms with van der Waals surface area (Å²) in [6.45, 7) is 9.70. The number of alkyl halides is 1. The third-order valence-electron chi connectivity index (χ3n) is 7.64. The van der Waals surface area contributed by atoms with Gasteiger partial charge < -0.3 is 24.0 Å². The van der Waals surface area contributed by atoms with E-state index in [0.717, 1.165) is 5.39 Å². The van der Waals surface area contributed by atoms with Crippen molar-refractivity contribution in [3.63, 3.8) is 0 Å². The number of benzene rings is 2. The lowest BCUT2D eigenvalue weighted by Crippen LogP contribution is -2.41. The second-order valence-electron chi connectivity index (χ2n) is 13.3. The number of rotatable bonds is 11. The highest BCUT2D eigenvalue weighted by Gasteiger charge is 2.56. The number of halogens is 1. The Morgan fingerprint density at radius 3 is 2.62 bits per heavy atom. The molecular formula is C32H42FN6O7P. The number of carbonyl (C=O) groups excluding carboxylic acids is 1. The molecule has 13 nitrogen and oxygen atoms in total. The van der Waals surface area contributed by atoms with Crippen molar-refractivity contribution in [2.45, 2.75) is 71.7 Å². The Balaban J connectivity index is 1.41. The van der Waals surface area contributed by atoms with Gasteiger partial charge in [-0.2, -0.15) is 5.09 Å². The van der Waals surface area contributed by atoms with Gasteiger partial charge in [-0.15, -0.1) is 0 Å². The van der Waals surface area contributed by atoms with Gasteiger partial charge in [-0.3, -0.25) is 13.9 Å². The number of ether oxygens (including phenoxy) is 2. The van der Waals surface area contributed by atoms with Crippen molar-refractivity contribution >= 4 is 41.5 Å². The summed E-state index contributed by atoms with van der Waals surface area (Å²) in [5.74, 6) is 0.541. The highest BCUT2D eigenvalue weighted by Crippen LogP contribution is 2.49. The molecule has 5 rings (SSSR count). The first-order valence-corrected chi connectivity index (χ1v) is 16.8. The summed E-state index contributed by atoms with van der Waals surface area (Å²) in [7, 11) is -0.781. The summed E-state index contributed by atoms with van der Waals surface area (Å²) in [5.41, 5.74) is -1.88. The molecule has 0 saturated carbocycles. The van der Waals surface area contributed by atoms with Crippen molar-refractivity contribution in [1.29, 1.82) is 0 Å². The zero-order valence-electron chi connectivity index (χ0n) is 27.8. The standard InChI is InChI=1S/C32H42FN6O7P/c1-19(29(41)43-17-31(3,4)5)37-47(42,46-23-15-11-13-21-12-9-10-14-22(21)23)44-16-24-26(40)32(6,33)30(45-24)39-18-34-25-27(38(7)8)35-20(2)36-28(25)39/h9-15,18-19,24,26,30,40H,16-17H2,1-8H3,(H,37,42)/t19-,24-,26-,30-,32-,47?/m1/s1. The molecule has 1 unspecified atom stereocenters. The predicted octanol–water partition coefficient (Wildman–Crippen LogP) is 5.11. The zero-order valence-corrected chi connectivity index (χ0v) is 28.7. The molecule has 4 aromatic rings. The quantitative estimate of drug-likeness (QED) is 0.161. The lowest BCUT2D eigenvalue weighted by atomic mass is 9.98. The molecule has 3 heterocycles. The zero-order chi connectivity index (χ0) is 34.3. The number of hydrogen-bond acceptors (Lipinski definition) is 11. The Kier molecular flexibility index (Phi) is 9.64. The number of aliphatic hydroxyl groups is 1. The van der Waals surface area contributed by atoms with Crippen LogP contribution in [-0.2, 0) is 23.4 Å². The molecule has 2 aromatic heterocycles. The van der Waals surface area contributed by atoms with E-state index in [0.29, 0.717) is 28.2 Å². The van der Waals surface area contributed by atoms with Crippen LogP contribution in [0.5, 0.6) is 5.75 Å². The Labute approximate surface area is 273 Å². The third kappa shape index (κ3) is 7.42. The van der Waals surface area contributed by atoms with E-state index in [2.05, 4.69) is 20.0 Å².